The molecule has 1 aromatic rings. The fourth-order valence-corrected chi connectivity index (χ4v) is 2.54. The maximum Gasteiger partial charge on any atom is 0.203 e. The molecule has 1 aliphatic rings. The second-order valence-corrected chi connectivity index (χ2v) is 5.26. The van der Waals surface area contributed by atoms with E-state index >= 15 is 0 Å². The normalized spacial score (nSPS) is 26.0. The van der Waals surface area contributed by atoms with Crippen LogP contribution in [0.25, 0.3) is 0 Å². The third-order valence-corrected chi connectivity index (χ3v) is 3.65. The standard InChI is InChI=1S/C13H23N3/c1-10(2)16-9-8-14-13(16)15-12-7-5-4-6-11(12)3/h8-12H,4-7H2,1-3H3,(H,14,15). The van der Waals surface area contributed by atoms with Crippen molar-refractivity contribution in [3.63, 3.8) is 0 Å². The topological polar surface area (TPSA) is 29.9 Å². The molecule has 0 bridgehead atoms. The Morgan fingerprint density at radius 2 is 2.12 bits per heavy atom. The summed E-state index contributed by atoms with van der Waals surface area (Å²) in [5, 5.41) is 3.61. The van der Waals surface area contributed by atoms with Crippen LogP contribution in [0.4, 0.5) is 5.95 Å². The molecule has 90 valence electrons. The highest BCUT2D eigenvalue weighted by Crippen LogP contribution is 2.26. The minimum atomic E-state index is 0.476. The van der Waals surface area contributed by atoms with Crippen molar-refractivity contribution in [1.29, 1.82) is 0 Å². The van der Waals surface area contributed by atoms with Crippen LogP contribution in [-0.4, -0.2) is 15.6 Å². The molecule has 2 atom stereocenters. The number of nitrogens with zero attached hydrogens (tertiary/aromatic N) is 2. The van der Waals surface area contributed by atoms with Gasteiger partial charge in [0.1, 0.15) is 0 Å². The number of nitrogens with one attached hydrogen (secondary N) is 1. The fraction of sp³-hybridized carbons (Fsp3) is 0.769. The molecule has 0 saturated heterocycles. The van der Waals surface area contributed by atoms with Crippen LogP contribution in [0.5, 0.6) is 0 Å². The predicted octanol–water partition coefficient (Wildman–Crippen LogP) is 3.45. The molecule has 0 amide bonds. The third-order valence-electron chi connectivity index (χ3n) is 3.65. The average Bonchev–Trinajstić information content (AvgIpc) is 2.69. The number of hydrogen-bond acceptors (Lipinski definition) is 2. The third kappa shape index (κ3) is 2.39. The van der Waals surface area contributed by atoms with Gasteiger partial charge in [0, 0.05) is 24.5 Å². The van der Waals surface area contributed by atoms with Crippen molar-refractivity contribution in [3.05, 3.63) is 12.4 Å². The maximum atomic E-state index is 4.42. The van der Waals surface area contributed by atoms with Crippen molar-refractivity contribution in [3.8, 4) is 0 Å². The van der Waals surface area contributed by atoms with E-state index in [0.717, 1.165) is 11.9 Å². The number of anilines is 1. The van der Waals surface area contributed by atoms with Crippen LogP contribution < -0.4 is 5.32 Å². The van der Waals surface area contributed by atoms with Crippen molar-refractivity contribution in [2.45, 2.75) is 58.5 Å². The summed E-state index contributed by atoms with van der Waals surface area (Å²) in [6.45, 7) is 6.73. The van der Waals surface area contributed by atoms with Gasteiger partial charge in [-0.1, -0.05) is 19.8 Å². The van der Waals surface area contributed by atoms with Crippen molar-refractivity contribution >= 4 is 5.95 Å². The first kappa shape index (κ1) is 11.5. The van der Waals surface area contributed by atoms with Crippen LogP contribution in [0.15, 0.2) is 12.4 Å². The molecule has 1 saturated carbocycles. The number of rotatable bonds is 3. The van der Waals surface area contributed by atoms with Gasteiger partial charge in [0.15, 0.2) is 0 Å². The lowest BCUT2D eigenvalue weighted by Gasteiger charge is -2.30. The SMILES string of the molecule is CC1CCCCC1Nc1nccn1C(C)C. The maximum absolute atomic E-state index is 4.42. The summed E-state index contributed by atoms with van der Waals surface area (Å²) >= 11 is 0. The Hall–Kier alpha value is -0.990. The molecule has 1 aromatic heterocycles. The zero-order valence-electron chi connectivity index (χ0n) is 10.6. The summed E-state index contributed by atoms with van der Waals surface area (Å²) in [5.74, 6) is 1.81. The number of hydrogen-bond donors (Lipinski definition) is 1. The van der Waals surface area contributed by atoms with Crippen molar-refractivity contribution in [2.24, 2.45) is 5.92 Å². The van der Waals surface area contributed by atoms with Gasteiger partial charge in [-0.25, -0.2) is 4.98 Å². The molecule has 0 spiro atoms. The van der Waals surface area contributed by atoms with Crippen LogP contribution in [0, 0.1) is 5.92 Å². The summed E-state index contributed by atoms with van der Waals surface area (Å²) in [7, 11) is 0. The summed E-state index contributed by atoms with van der Waals surface area (Å²) in [6, 6.07) is 1.08. The van der Waals surface area contributed by atoms with E-state index in [-0.39, 0.29) is 0 Å². The van der Waals surface area contributed by atoms with E-state index in [1.807, 2.05) is 6.20 Å². The lowest BCUT2D eigenvalue weighted by Crippen LogP contribution is -2.31. The highest BCUT2D eigenvalue weighted by molar-refractivity contribution is 5.28. The average molecular weight is 221 g/mol. The molecule has 2 rings (SSSR count). The van der Waals surface area contributed by atoms with E-state index in [4.69, 9.17) is 0 Å². The van der Waals surface area contributed by atoms with E-state index in [9.17, 15) is 0 Å². The molecule has 1 aliphatic carbocycles. The molecule has 0 aliphatic heterocycles. The zero-order valence-corrected chi connectivity index (χ0v) is 10.6. The Bertz CT molecular complexity index is 330. The Morgan fingerprint density at radius 1 is 1.38 bits per heavy atom. The highest BCUT2D eigenvalue weighted by atomic mass is 15.2. The van der Waals surface area contributed by atoms with Gasteiger partial charge in [0.25, 0.3) is 0 Å². The second-order valence-electron chi connectivity index (χ2n) is 5.26. The number of imidazole rings is 1. The Kier molecular flexibility index (Phi) is 3.52. The molecule has 1 N–H and O–H groups in total. The van der Waals surface area contributed by atoms with Crippen molar-refractivity contribution in [1.82, 2.24) is 9.55 Å². The van der Waals surface area contributed by atoms with Gasteiger partial charge >= 0.3 is 0 Å². The van der Waals surface area contributed by atoms with Crippen molar-refractivity contribution < 1.29 is 0 Å². The molecule has 16 heavy (non-hydrogen) atoms. The molecule has 1 heterocycles. The van der Waals surface area contributed by atoms with Gasteiger partial charge in [0.2, 0.25) is 5.95 Å². The van der Waals surface area contributed by atoms with Gasteiger partial charge in [-0.3, -0.25) is 0 Å². The minimum absolute atomic E-state index is 0.476. The van der Waals surface area contributed by atoms with Crippen molar-refractivity contribution in [2.75, 3.05) is 5.32 Å². The van der Waals surface area contributed by atoms with Crippen LogP contribution in [0.3, 0.4) is 0 Å². The van der Waals surface area contributed by atoms with Gasteiger partial charge in [-0.05, 0) is 32.6 Å². The minimum Gasteiger partial charge on any atom is -0.353 e. The summed E-state index contributed by atoms with van der Waals surface area (Å²) < 4.78 is 2.21. The van der Waals surface area contributed by atoms with Gasteiger partial charge in [0.05, 0.1) is 0 Å². The molecule has 1 fully saturated rings. The molecule has 3 heteroatoms. The van der Waals surface area contributed by atoms with Crippen LogP contribution >= 0.6 is 0 Å². The molecule has 2 unspecified atom stereocenters. The molecular formula is C13H23N3. The summed E-state index contributed by atoms with van der Waals surface area (Å²) in [6.07, 6.45) is 9.31. The first-order valence-corrected chi connectivity index (χ1v) is 6.48. The first-order valence-electron chi connectivity index (χ1n) is 6.48. The van der Waals surface area contributed by atoms with E-state index < -0.39 is 0 Å². The van der Waals surface area contributed by atoms with E-state index in [2.05, 4.69) is 41.8 Å². The van der Waals surface area contributed by atoms with Crippen LogP contribution in [0.2, 0.25) is 0 Å². The Morgan fingerprint density at radius 3 is 2.81 bits per heavy atom. The Labute approximate surface area is 98.3 Å². The van der Waals surface area contributed by atoms with Crippen LogP contribution in [0.1, 0.15) is 52.5 Å². The largest absolute Gasteiger partial charge is 0.353 e. The van der Waals surface area contributed by atoms with E-state index in [0.29, 0.717) is 12.1 Å². The summed E-state index contributed by atoms with van der Waals surface area (Å²) in [5.41, 5.74) is 0. The molecular weight excluding hydrogens is 198 g/mol. The van der Waals surface area contributed by atoms with E-state index in [1.165, 1.54) is 25.7 Å². The summed E-state index contributed by atoms with van der Waals surface area (Å²) in [4.78, 5) is 4.42. The van der Waals surface area contributed by atoms with E-state index in [1.54, 1.807) is 0 Å². The fourth-order valence-electron chi connectivity index (χ4n) is 2.54. The predicted molar refractivity (Wildman–Crippen MR) is 67.7 cm³/mol. The zero-order chi connectivity index (χ0) is 11.5. The second kappa shape index (κ2) is 4.89. The molecule has 0 aromatic carbocycles. The lowest BCUT2D eigenvalue weighted by molar-refractivity contribution is 0.347. The smallest absolute Gasteiger partial charge is 0.203 e. The monoisotopic (exact) mass is 221 g/mol. The highest BCUT2D eigenvalue weighted by Gasteiger charge is 2.22. The van der Waals surface area contributed by atoms with Crippen LogP contribution in [-0.2, 0) is 0 Å². The van der Waals surface area contributed by atoms with Gasteiger partial charge in [-0.2, -0.15) is 0 Å². The number of aromatic nitrogens is 2. The lowest BCUT2D eigenvalue weighted by atomic mass is 9.86. The quantitative estimate of drug-likeness (QED) is 0.847. The Balaban J connectivity index is 2.04. The molecule has 0 radical (unpaired) electrons. The van der Waals surface area contributed by atoms with Gasteiger partial charge < -0.3 is 9.88 Å². The van der Waals surface area contributed by atoms with Gasteiger partial charge in [-0.15, -0.1) is 0 Å². The first-order chi connectivity index (χ1) is 7.68. The molecule has 3 nitrogen and oxygen atoms in total.